The minimum Gasteiger partial charge on any atom is -0.338 e. The molecular formula is C12H22N2O. The van der Waals surface area contributed by atoms with Crippen molar-refractivity contribution in [1.82, 2.24) is 10.2 Å². The van der Waals surface area contributed by atoms with Gasteiger partial charge in [0.15, 0.2) is 0 Å². The molecule has 1 aliphatic heterocycles. The van der Waals surface area contributed by atoms with Crippen LogP contribution in [-0.4, -0.2) is 35.5 Å². The fourth-order valence-electron chi connectivity index (χ4n) is 2.67. The van der Waals surface area contributed by atoms with E-state index in [1.165, 1.54) is 19.3 Å². The molecular weight excluding hydrogens is 188 g/mol. The molecule has 1 aliphatic carbocycles. The van der Waals surface area contributed by atoms with Crippen molar-refractivity contribution < 1.29 is 4.79 Å². The van der Waals surface area contributed by atoms with E-state index in [9.17, 15) is 4.79 Å². The molecule has 1 saturated carbocycles. The Bertz CT molecular complexity index is 257. The predicted molar refractivity (Wildman–Crippen MR) is 60.6 cm³/mol. The van der Waals surface area contributed by atoms with Crippen LogP contribution in [0.5, 0.6) is 0 Å². The molecule has 0 aromatic heterocycles. The van der Waals surface area contributed by atoms with Crippen LogP contribution in [0.15, 0.2) is 0 Å². The molecule has 2 bridgehead atoms. The Morgan fingerprint density at radius 3 is 2.60 bits per heavy atom. The molecule has 2 unspecified atom stereocenters. The van der Waals surface area contributed by atoms with Gasteiger partial charge in [-0.3, -0.25) is 4.79 Å². The summed E-state index contributed by atoms with van der Waals surface area (Å²) >= 11 is 0. The van der Waals surface area contributed by atoms with Gasteiger partial charge in [-0.2, -0.15) is 0 Å². The predicted octanol–water partition coefficient (Wildman–Crippen LogP) is 1.39. The Morgan fingerprint density at radius 2 is 2.13 bits per heavy atom. The van der Waals surface area contributed by atoms with Gasteiger partial charge in [0.1, 0.15) is 0 Å². The summed E-state index contributed by atoms with van der Waals surface area (Å²) in [5, 5.41) is 3.27. The van der Waals surface area contributed by atoms with E-state index >= 15 is 0 Å². The van der Waals surface area contributed by atoms with Crippen LogP contribution in [0.3, 0.4) is 0 Å². The van der Waals surface area contributed by atoms with Gasteiger partial charge in [-0.1, -0.05) is 0 Å². The molecule has 2 atom stereocenters. The highest BCUT2D eigenvalue weighted by atomic mass is 16.2. The third-order valence-electron chi connectivity index (χ3n) is 3.50. The number of piperidine rings is 1. The number of likely N-dealkylation sites (tertiary alicyclic amines) is 1. The van der Waals surface area contributed by atoms with Gasteiger partial charge in [0, 0.05) is 18.1 Å². The lowest BCUT2D eigenvalue weighted by Crippen LogP contribution is -2.47. The summed E-state index contributed by atoms with van der Waals surface area (Å²) in [7, 11) is 0. The van der Waals surface area contributed by atoms with Crippen molar-refractivity contribution in [3.63, 3.8) is 0 Å². The van der Waals surface area contributed by atoms with Gasteiger partial charge >= 0.3 is 0 Å². The Morgan fingerprint density at radius 1 is 1.40 bits per heavy atom. The minimum absolute atomic E-state index is 0.0361. The molecule has 3 heteroatoms. The molecule has 2 aliphatic rings. The van der Waals surface area contributed by atoms with E-state index in [0.717, 1.165) is 12.5 Å². The van der Waals surface area contributed by atoms with Crippen LogP contribution < -0.4 is 5.32 Å². The number of fused-ring (bicyclic) bond motifs is 2. The van der Waals surface area contributed by atoms with Crippen molar-refractivity contribution in [1.29, 1.82) is 0 Å². The van der Waals surface area contributed by atoms with Gasteiger partial charge in [-0.05, 0) is 46.0 Å². The number of nitrogens with one attached hydrogen (secondary N) is 1. The zero-order chi connectivity index (χ0) is 11.1. The molecule has 3 nitrogen and oxygen atoms in total. The van der Waals surface area contributed by atoms with E-state index in [-0.39, 0.29) is 11.4 Å². The number of carbonyl (C=O) groups excluding carboxylic acids is 1. The normalized spacial score (nSPS) is 29.9. The molecule has 1 heterocycles. The smallest absolute Gasteiger partial charge is 0.236 e. The molecule has 0 spiro atoms. The summed E-state index contributed by atoms with van der Waals surface area (Å²) in [6.07, 6.45) is 3.81. The standard InChI is InChI=1S/C12H22N2O/c1-12(2,3)13-7-11(15)14-8-9-4-5-10(14)6-9/h9-10,13H,4-8H2,1-3H3. The summed E-state index contributed by atoms with van der Waals surface area (Å²) in [5.41, 5.74) is 0.0361. The second kappa shape index (κ2) is 3.78. The minimum atomic E-state index is 0.0361. The first kappa shape index (κ1) is 10.9. The van der Waals surface area contributed by atoms with E-state index < -0.39 is 0 Å². The van der Waals surface area contributed by atoms with E-state index in [0.29, 0.717) is 12.6 Å². The van der Waals surface area contributed by atoms with Crippen LogP contribution in [0.1, 0.15) is 40.0 Å². The maximum Gasteiger partial charge on any atom is 0.236 e. The number of nitrogens with zero attached hydrogens (tertiary/aromatic N) is 1. The lowest BCUT2D eigenvalue weighted by atomic mass is 10.1. The Kier molecular flexibility index (Phi) is 2.75. The number of rotatable bonds is 2. The van der Waals surface area contributed by atoms with Gasteiger partial charge in [0.2, 0.25) is 5.91 Å². The third kappa shape index (κ3) is 2.51. The highest BCUT2D eigenvalue weighted by Gasteiger charge is 2.39. The summed E-state index contributed by atoms with van der Waals surface area (Å²) in [6, 6.07) is 0.560. The van der Waals surface area contributed by atoms with Crippen LogP contribution in [-0.2, 0) is 4.79 Å². The quantitative estimate of drug-likeness (QED) is 0.747. The molecule has 2 rings (SSSR count). The van der Waals surface area contributed by atoms with Gasteiger partial charge in [0.05, 0.1) is 6.54 Å². The van der Waals surface area contributed by atoms with Gasteiger partial charge in [-0.15, -0.1) is 0 Å². The third-order valence-corrected chi connectivity index (χ3v) is 3.50. The number of hydrogen-bond donors (Lipinski definition) is 1. The SMILES string of the molecule is CC(C)(C)NCC(=O)N1CC2CCC1C2. The van der Waals surface area contributed by atoms with Crippen LogP contribution >= 0.6 is 0 Å². The second-order valence-electron chi connectivity index (χ2n) is 5.98. The zero-order valence-corrected chi connectivity index (χ0v) is 10.0. The molecule has 2 fully saturated rings. The van der Waals surface area contributed by atoms with Crippen molar-refractivity contribution in [2.24, 2.45) is 5.92 Å². The summed E-state index contributed by atoms with van der Waals surface area (Å²) in [5.74, 6) is 1.09. The van der Waals surface area contributed by atoms with E-state index in [2.05, 4.69) is 31.0 Å². The highest BCUT2D eigenvalue weighted by molar-refractivity contribution is 5.79. The summed E-state index contributed by atoms with van der Waals surface area (Å²) in [6.45, 7) is 7.78. The van der Waals surface area contributed by atoms with Gasteiger partial charge in [0.25, 0.3) is 0 Å². The Labute approximate surface area is 92.2 Å². The average molecular weight is 210 g/mol. The lowest BCUT2D eigenvalue weighted by molar-refractivity contribution is -0.132. The molecule has 1 N–H and O–H groups in total. The van der Waals surface area contributed by atoms with Crippen molar-refractivity contribution in [3.8, 4) is 0 Å². The Hall–Kier alpha value is -0.570. The van der Waals surface area contributed by atoms with Crippen molar-refractivity contribution in [3.05, 3.63) is 0 Å². The molecule has 15 heavy (non-hydrogen) atoms. The van der Waals surface area contributed by atoms with Crippen molar-refractivity contribution >= 4 is 5.91 Å². The van der Waals surface area contributed by atoms with Crippen LogP contribution in [0.25, 0.3) is 0 Å². The first-order valence-electron chi connectivity index (χ1n) is 6.00. The zero-order valence-electron chi connectivity index (χ0n) is 10.0. The summed E-state index contributed by atoms with van der Waals surface area (Å²) < 4.78 is 0. The second-order valence-corrected chi connectivity index (χ2v) is 5.98. The van der Waals surface area contributed by atoms with Crippen LogP contribution in [0.4, 0.5) is 0 Å². The molecule has 86 valence electrons. The van der Waals surface area contributed by atoms with Crippen LogP contribution in [0.2, 0.25) is 0 Å². The fraction of sp³-hybridized carbons (Fsp3) is 0.917. The van der Waals surface area contributed by atoms with Gasteiger partial charge < -0.3 is 10.2 Å². The van der Waals surface area contributed by atoms with Crippen molar-refractivity contribution in [2.45, 2.75) is 51.6 Å². The van der Waals surface area contributed by atoms with E-state index in [1.54, 1.807) is 0 Å². The topological polar surface area (TPSA) is 32.3 Å². The van der Waals surface area contributed by atoms with Crippen molar-refractivity contribution in [2.75, 3.05) is 13.1 Å². The molecule has 0 radical (unpaired) electrons. The first-order valence-corrected chi connectivity index (χ1v) is 6.00. The molecule has 1 saturated heterocycles. The maximum atomic E-state index is 11.9. The molecule has 0 aromatic carbocycles. The largest absolute Gasteiger partial charge is 0.338 e. The molecule has 0 aromatic rings. The Balaban J connectivity index is 1.82. The lowest BCUT2D eigenvalue weighted by Gasteiger charge is -2.29. The summed E-state index contributed by atoms with van der Waals surface area (Å²) in [4.78, 5) is 14.0. The fourth-order valence-corrected chi connectivity index (χ4v) is 2.67. The van der Waals surface area contributed by atoms with E-state index in [1.807, 2.05) is 0 Å². The monoisotopic (exact) mass is 210 g/mol. The first-order chi connectivity index (χ1) is 6.96. The average Bonchev–Trinajstić information content (AvgIpc) is 2.73. The van der Waals surface area contributed by atoms with Crippen LogP contribution in [0, 0.1) is 5.92 Å². The number of hydrogen-bond acceptors (Lipinski definition) is 2. The number of amides is 1. The van der Waals surface area contributed by atoms with E-state index in [4.69, 9.17) is 0 Å². The van der Waals surface area contributed by atoms with Gasteiger partial charge in [-0.25, -0.2) is 0 Å². The molecule has 1 amide bonds. The number of carbonyl (C=O) groups is 1. The maximum absolute atomic E-state index is 11.9. The highest BCUT2D eigenvalue weighted by Crippen LogP contribution is 2.37.